The summed E-state index contributed by atoms with van der Waals surface area (Å²) in [6, 6.07) is 12.5. The summed E-state index contributed by atoms with van der Waals surface area (Å²) in [6.45, 7) is 9.47. The van der Waals surface area contributed by atoms with Gasteiger partial charge < -0.3 is 19.3 Å². The van der Waals surface area contributed by atoms with E-state index in [9.17, 15) is 13.9 Å². The van der Waals surface area contributed by atoms with E-state index in [0.717, 1.165) is 17.8 Å². The summed E-state index contributed by atoms with van der Waals surface area (Å²) in [7, 11) is 1.61. The molecule has 0 spiro atoms. The summed E-state index contributed by atoms with van der Waals surface area (Å²) in [6.07, 6.45) is -0.732. The van der Waals surface area contributed by atoms with Crippen molar-refractivity contribution in [1.82, 2.24) is 14.7 Å². The average Bonchev–Trinajstić information content (AvgIpc) is 3.13. The number of rotatable bonds is 12. The van der Waals surface area contributed by atoms with Crippen LogP contribution in [-0.4, -0.2) is 64.9 Å². The first kappa shape index (κ1) is 27.7. The largest absolute Gasteiger partial charge is 0.435 e. The summed E-state index contributed by atoms with van der Waals surface area (Å²) in [4.78, 5) is 2.01. The second-order valence-electron chi connectivity index (χ2n) is 9.60. The number of hydrogen-bond acceptors (Lipinski definition) is 6. The van der Waals surface area contributed by atoms with Crippen LogP contribution in [0.4, 0.5) is 8.78 Å². The van der Waals surface area contributed by atoms with Crippen LogP contribution in [0.25, 0.3) is 5.69 Å². The van der Waals surface area contributed by atoms with Crippen molar-refractivity contribution < 1.29 is 28.1 Å². The maximum Gasteiger partial charge on any atom is 0.227 e. The molecule has 0 radical (unpaired) electrons. The van der Waals surface area contributed by atoms with Crippen LogP contribution in [0.1, 0.15) is 32.0 Å². The maximum atomic E-state index is 14.5. The number of aliphatic hydroxyl groups is 1. The molecule has 0 amide bonds. The summed E-state index contributed by atoms with van der Waals surface area (Å²) < 4.78 is 46.6. The monoisotopic (exact) mass is 503 g/mol. The predicted molar refractivity (Wildman–Crippen MR) is 134 cm³/mol. The van der Waals surface area contributed by atoms with Gasteiger partial charge in [-0.25, -0.2) is 13.5 Å². The first-order chi connectivity index (χ1) is 17.1. The fourth-order valence-corrected chi connectivity index (χ4v) is 3.61. The van der Waals surface area contributed by atoms with Gasteiger partial charge in [-0.1, -0.05) is 18.2 Å². The van der Waals surface area contributed by atoms with Crippen molar-refractivity contribution in [2.45, 2.75) is 45.9 Å². The Morgan fingerprint density at radius 3 is 2.47 bits per heavy atom. The van der Waals surface area contributed by atoms with Gasteiger partial charge >= 0.3 is 0 Å². The van der Waals surface area contributed by atoms with Crippen molar-refractivity contribution in [3.63, 3.8) is 0 Å². The van der Waals surface area contributed by atoms with Crippen molar-refractivity contribution in [2.24, 2.45) is 0 Å². The van der Waals surface area contributed by atoms with E-state index in [4.69, 9.17) is 14.2 Å². The highest BCUT2D eigenvalue weighted by Gasteiger charge is 2.24. The number of aromatic nitrogens is 2. The molecule has 36 heavy (non-hydrogen) atoms. The Balaban J connectivity index is 1.94. The van der Waals surface area contributed by atoms with Gasteiger partial charge in [0.1, 0.15) is 5.82 Å². The van der Waals surface area contributed by atoms with Crippen LogP contribution in [0, 0.1) is 18.6 Å². The molecule has 1 N–H and O–H groups in total. The lowest BCUT2D eigenvalue weighted by molar-refractivity contribution is -0.0577. The third-order valence-electron chi connectivity index (χ3n) is 5.41. The van der Waals surface area contributed by atoms with Gasteiger partial charge in [0.05, 0.1) is 41.9 Å². The van der Waals surface area contributed by atoms with E-state index in [1.807, 2.05) is 62.9 Å². The van der Waals surface area contributed by atoms with E-state index < -0.39 is 17.7 Å². The number of nitrogens with zero attached hydrogens (tertiary/aromatic N) is 3. The molecular weight excluding hydrogens is 468 g/mol. The highest BCUT2D eigenvalue weighted by Crippen LogP contribution is 2.33. The van der Waals surface area contributed by atoms with Crippen LogP contribution < -0.4 is 4.74 Å². The lowest BCUT2D eigenvalue weighted by atomic mass is 10.2. The van der Waals surface area contributed by atoms with Crippen LogP contribution in [0.3, 0.4) is 0 Å². The molecule has 0 aliphatic rings. The maximum absolute atomic E-state index is 14.5. The van der Waals surface area contributed by atoms with Crippen molar-refractivity contribution >= 4 is 0 Å². The van der Waals surface area contributed by atoms with E-state index in [-0.39, 0.29) is 18.0 Å². The zero-order valence-electron chi connectivity index (χ0n) is 21.5. The van der Waals surface area contributed by atoms with E-state index in [1.54, 1.807) is 11.8 Å². The van der Waals surface area contributed by atoms with Gasteiger partial charge in [0, 0.05) is 32.8 Å². The van der Waals surface area contributed by atoms with Crippen LogP contribution in [0.5, 0.6) is 11.6 Å². The highest BCUT2D eigenvalue weighted by atomic mass is 19.1. The second-order valence-corrected chi connectivity index (χ2v) is 9.60. The molecule has 0 aliphatic carbocycles. The van der Waals surface area contributed by atoms with Crippen molar-refractivity contribution in [2.75, 3.05) is 33.4 Å². The summed E-state index contributed by atoms with van der Waals surface area (Å²) >= 11 is 0. The Morgan fingerprint density at radius 2 is 1.83 bits per heavy atom. The predicted octanol–water partition coefficient (Wildman–Crippen LogP) is 4.88. The molecule has 0 aliphatic heterocycles. The molecule has 0 unspecified atom stereocenters. The molecule has 3 aromatic rings. The molecule has 196 valence electrons. The number of aliphatic hydroxyl groups excluding tert-OH is 1. The van der Waals surface area contributed by atoms with E-state index in [0.29, 0.717) is 43.4 Å². The normalized spacial score (nSPS) is 12.8. The van der Waals surface area contributed by atoms with Gasteiger partial charge in [-0.2, -0.15) is 5.10 Å². The van der Waals surface area contributed by atoms with Gasteiger partial charge in [-0.15, -0.1) is 0 Å². The summed E-state index contributed by atoms with van der Waals surface area (Å²) in [5, 5.41) is 15.3. The molecule has 2 aromatic carbocycles. The number of ether oxygens (including phenoxy) is 3. The molecule has 7 nitrogen and oxygen atoms in total. The minimum atomic E-state index is -0.814. The lowest BCUT2D eigenvalue weighted by Gasteiger charge is -2.27. The Bertz CT molecular complexity index is 1120. The smallest absolute Gasteiger partial charge is 0.227 e. The Labute approximate surface area is 211 Å². The second kappa shape index (κ2) is 12.4. The van der Waals surface area contributed by atoms with Crippen molar-refractivity contribution in [3.05, 3.63) is 71.4 Å². The van der Waals surface area contributed by atoms with Gasteiger partial charge in [0.15, 0.2) is 11.6 Å². The fourth-order valence-electron chi connectivity index (χ4n) is 3.61. The van der Waals surface area contributed by atoms with E-state index in [2.05, 4.69) is 5.10 Å². The van der Waals surface area contributed by atoms with Gasteiger partial charge in [0.25, 0.3) is 0 Å². The van der Waals surface area contributed by atoms with E-state index in [1.165, 1.54) is 6.07 Å². The minimum absolute atomic E-state index is 0.114. The van der Waals surface area contributed by atoms with E-state index >= 15 is 0 Å². The first-order valence-corrected chi connectivity index (χ1v) is 11.9. The summed E-state index contributed by atoms with van der Waals surface area (Å²) in [5.74, 6) is -1.31. The molecule has 1 heterocycles. The molecule has 3 rings (SSSR count). The number of benzene rings is 2. The average molecular weight is 504 g/mol. The van der Waals surface area contributed by atoms with Crippen LogP contribution >= 0.6 is 0 Å². The minimum Gasteiger partial charge on any atom is -0.435 e. The number of methoxy groups -OCH3 is 1. The van der Waals surface area contributed by atoms with Gasteiger partial charge in [-0.3, -0.25) is 4.90 Å². The third-order valence-corrected chi connectivity index (χ3v) is 5.41. The number of aryl methyl sites for hydroxylation is 1. The lowest BCUT2D eigenvalue weighted by Crippen LogP contribution is -2.38. The number of hydrogen-bond donors (Lipinski definition) is 1. The quantitative estimate of drug-likeness (QED) is 0.380. The molecule has 0 saturated heterocycles. The molecule has 9 heteroatoms. The zero-order chi connectivity index (χ0) is 26.3. The zero-order valence-corrected chi connectivity index (χ0v) is 21.5. The Hall–Kier alpha value is -2.85. The summed E-state index contributed by atoms with van der Waals surface area (Å²) in [5.41, 5.74) is 1.75. The van der Waals surface area contributed by atoms with Crippen molar-refractivity contribution in [3.8, 4) is 17.3 Å². The molecule has 1 aromatic heterocycles. The van der Waals surface area contributed by atoms with Gasteiger partial charge in [-0.05, 0) is 52.0 Å². The van der Waals surface area contributed by atoms with Crippen molar-refractivity contribution in [1.29, 1.82) is 0 Å². The first-order valence-electron chi connectivity index (χ1n) is 11.9. The van der Waals surface area contributed by atoms with Crippen LogP contribution in [-0.2, 0) is 16.0 Å². The number of para-hydroxylation sites is 1. The number of halogens is 2. The highest BCUT2D eigenvalue weighted by molar-refractivity contribution is 5.43. The standard InChI is InChI=1S/C27H35F2N3O4/c1-19-23(17-31(13-14-34-5)16-22(33)18-35-27(2,3)4)26(32(30-19)21-9-7-6-8-10-21)36-25-12-11-20(28)15-24(25)29/h6-12,15,22,33H,13-14,16-18H2,1-5H3/t22-/m0/s1. The Morgan fingerprint density at radius 1 is 1.11 bits per heavy atom. The molecule has 0 bridgehead atoms. The molecule has 1 atom stereocenters. The van der Waals surface area contributed by atoms with Gasteiger partial charge in [0.2, 0.25) is 5.88 Å². The van der Waals surface area contributed by atoms with Crippen LogP contribution in [0.2, 0.25) is 0 Å². The Kier molecular flexibility index (Phi) is 9.56. The van der Waals surface area contributed by atoms with Crippen LogP contribution in [0.15, 0.2) is 48.5 Å². The SMILES string of the molecule is COCCN(Cc1c(C)nn(-c2ccccc2)c1Oc1ccc(F)cc1F)C[C@H](O)COC(C)(C)C. The molecular formula is C27H35F2N3O4. The fraction of sp³-hybridized carbons (Fsp3) is 0.444. The topological polar surface area (TPSA) is 69.0 Å². The third kappa shape index (κ3) is 7.83. The molecule has 0 fully saturated rings. The molecule has 0 saturated carbocycles.